The molecule has 1 saturated carbocycles. The van der Waals surface area contributed by atoms with Gasteiger partial charge in [0.25, 0.3) is 0 Å². The van der Waals surface area contributed by atoms with E-state index in [0.717, 1.165) is 25.0 Å². The van der Waals surface area contributed by atoms with Crippen LogP contribution in [0.2, 0.25) is 0 Å². The number of nitrogens with one attached hydrogen (secondary N) is 1. The van der Waals surface area contributed by atoms with E-state index in [0.29, 0.717) is 0 Å². The Bertz CT molecular complexity index is 480. The fraction of sp³-hybridized carbons (Fsp3) is 0.667. The zero-order chi connectivity index (χ0) is 13.4. The minimum atomic E-state index is 0.879. The van der Waals surface area contributed by atoms with Crippen molar-refractivity contribution < 1.29 is 0 Å². The SMILES string of the molecule is c1cc2c(cc1CN1CCCC3CCCCC31)CNC2. The van der Waals surface area contributed by atoms with E-state index in [1.54, 1.807) is 0 Å². The summed E-state index contributed by atoms with van der Waals surface area (Å²) in [5.41, 5.74) is 4.56. The number of piperidine rings is 1. The highest BCUT2D eigenvalue weighted by atomic mass is 15.2. The van der Waals surface area contributed by atoms with Crippen LogP contribution in [0.5, 0.6) is 0 Å². The van der Waals surface area contributed by atoms with E-state index in [4.69, 9.17) is 0 Å². The molecule has 3 aliphatic rings. The number of fused-ring (bicyclic) bond motifs is 2. The van der Waals surface area contributed by atoms with Gasteiger partial charge in [0.05, 0.1) is 0 Å². The number of rotatable bonds is 2. The first kappa shape index (κ1) is 12.8. The van der Waals surface area contributed by atoms with E-state index in [9.17, 15) is 0 Å². The van der Waals surface area contributed by atoms with Crippen molar-refractivity contribution in [2.75, 3.05) is 6.54 Å². The van der Waals surface area contributed by atoms with Crippen molar-refractivity contribution in [3.8, 4) is 0 Å². The summed E-state index contributed by atoms with van der Waals surface area (Å²) in [5.74, 6) is 0.994. The maximum atomic E-state index is 3.45. The van der Waals surface area contributed by atoms with Crippen LogP contribution in [0.25, 0.3) is 0 Å². The first-order chi connectivity index (χ1) is 9.90. The Kier molecular flexibility index (Phi) is 3.53. The van der Waals surface area contributed by atoms with Crippen molar-refractivity contribution in [1.82, 2.24) is 10.2 Å². The Morgan fingerprint density at radius 2 is 1.85 bits per heavy atom. The second kappa shape index (κ2) is 5.50. The van der Waals surface area contributed by atoms with Crippen molar-refractivity contribution in [2.24, 2.45) is 5.92 Å². The summed E-state index contributed by atoms with van der Waals surface area (Å²) >= 11 is 0. The van der Waals surface area contributed by atoms with Crippen LogP contribution >= 0.6 is 0 Å². The lowest BCUT2D eigenvalue weighted by Gasteiger charge is -2.44. The predicted octanol–water partition coefficient (Wildman–Crippen LogP) is 3.44. The van der Waals surface area contributed by atoms with E-state index < -0.39 is 0 Å². The summed E-state index contributed by atoms with van der Waals surface area (Å²) in [6.07, 6.45) is 8.74. The van der Waals surface area contributed by atoms with Crippen molar-refractivity contribution in [1.29, 1.82) is 0 Å². The summed E-state index contributed by atoms with van der Waals surface area (Å²) in [4.78, 5) is 2.79. The van der Waals surface area contributed by atoms with E-state index in [1.807, 2.05) is 0 Å². The highest BCUT2D eigenvalue weighted by Crippen LogP contribution is 2.36. The van der Waals surface area contributed by atoms with E-state index in [-0.39, 0.29) is 0 Å². The Morgan fingerprint density at radius 1 is 1.00 bits per heavy atom. The minimum absolute atomic E-state index is 0.879. The number of hydrogen-bond donors (Lipinski definition) is 1. The number of hydrogen-bond acceptors (Lipinski definition) is 2. The first-order valence-electron chi connectivity index (χ1n) is 8.45. The van der Waals surface area contributed by atoms with Gasteiger partial charge in [0.1, 0.15) is 0 Å². The maximum Gasteiger partial charge on any atom is 0.0236 e. The van der Waals surface area contributed by atoms with Gasteiger partial charge in [-0.3, -0.25) is 4.90 Å². The van der Waals surface area contributed by atoms with Crippen molar-refractivity contribution >= 4 is 0 Å². The van der Waals surface area contributed by atoms with Crippen LogP contribution in [-0.2, 0) is 19.6 Å². The summed E-state index contributed by atoms with van der Waals surface area (Å²) in [6, 6.07) is 8.02. The second-order valence-corrected chi connectivity index (χ2v) is 6.93. The fourth-order valence-electron chi connectivity index (χ4n) is 4.61. The van der Waals surface area contributed by atoms with Gasteiger partial charge in [-0.15, -0.1) is 0 Å². The molecule has 2 fully saturated rings. The lowest BCUT2D eigenvalue weighted by molar-refractivity contribution is 0.0547. The Hall–Kier alpha value is -0.860. The van der Waals surface area contributed by atoms with Gasteiger partial charge in [-0.1, -0.05) is 31.0 Å². The first-order valence-corrected chi connectivity index (χ1v) is 8.45. The molecule has 0 aromatic heterocycles. The fourth-order valence-corrected chi connectivity index (χ4v) is 4.61. The van der Waals surface area contributed by atoms with Crippen molar-refractivity contribution in [3.05, 3.63) is 34.9 Å². The molecule has 4 rings (SSSR count). The van der Waals surface area contributed by atoms with Gasteiger partial charge in [0.15, 0.2) is 0 Å². The van der Waals surface area contributed by atoms with Gasteiger partial charge in [-0.05, 0) is 54.8 Å². The van der Waals surface area contributed by atoms with Crippen LogP contribution in [0.4, 0.5) is 0 Å². The van der Waals surface area contributed by atoms with E-state index in [1.165, 1.54) is 68.3 Å². The van der Waals surface area contributed by atoms with Gasteiger partial charge in [-0.2, -0.15) is 0 Å². The van der Waals surface area contributed by atoms with Crippen molar-refractivity contribution in [2.45, 2.75) is 64.2 Å². The number of nitrogens with zero attached hydrogens (tertiary/aromatic N) is 1. The molecule has 2 heteroatoms. The molecule has 0 amide bonds. The molecule has 20 heavy (non-hydrogen) atoms. The molecule has 2 atom stereocenters. The number of benzene rings is 1. The smallest absolute Gasteiger partial charge is 0.0236 e. The predicted molar refractivity (Wildman–Crippen MR) is 82.4 cm³/mol. The molecule has 1 N–H and O–H groups in total. The molecule has 2 aliphatic heterocycles. The molecule has 1 aliphatic carbocycles. The van der Waals surface area contributed by atoms with Crippen LogP contribution in [0, 0.1) is 5.92 Å². The maximum absolute atomic E-state index is 3.45. The third kappa shape index (κ3) is 2.40. The highest BCUT2D eigenvalue weighted by Gasteiger charge is 2.32. The number of likely N-dealkylation sites (tertiary alicyclic amines) is 1. The molecule has 1 aromatic carbocycles. The third-order valence-electron chi connectivity index (χ3n) is 5.65. The van der Waals surface area contributed by atoms with E-state index >= 15 is 0 Å². The van der Waals surface area contributed by atoms with E-state index in [2.05, 4.69) is 28.4 Å². The average Bonchev–Trinajstić information content (AvgIpc) is 2.95. The summed E-state index contributed by atoms with van der Waals surface area (Å²) < 4.78 is 0. The van der Waals surface area contributed by atoms with Gasteiger partial charge < -0.3 is 5.32 Å². The second-order valence-electron chi connectivity index (χ2n) is 6.93. The monoisotopic (exact) mass is 270 g/mol. The van der Waals surface area contributed by atoms with Crippen molar-refractivity contribution in [3.63, 3.8) is 0 Å². The molecule has 2 nitrogen and oxygen atoms in total. The molecule has 0 radical (unpaired) electrons. The zero-order valence-corrected chi connectivity index (χ0v) is 12.4. The molecule has 0 bridgehead atoms. The normalized spacial score (nSPS) is 30.0. The van der Waals surface area contributed by atoms with Crippen LogP contribution in [0.15, 0.2) is 18.2 Å². The van der Waals surface area contributed by atoms with Crippen LogP contribution in [-0.4, -0.2) is 17.5 Å². The van der Waals surface area contributed by atoms with Gasteiger partial charge in [0.2, 0.25) is 0 Å². The molecule has 2 unspecified atom stereocenters. The molecule has 108 valence electrons. The van der Waals surface area contributed by atoms with Gasteiger partial charge in [0, 0.05) is 25.7 Å². The van der Waals surface area contributed by atoms with Crippen LogP contribution in [0.3, 0.4) is 0 Å². The molecular formula is C18H26N2. The molecule has 1 aromatic rings. The third-order valence-corrected chi connectivity index (χ3v) is 5.65. The summed E-state index contributed by atoms with van der Waals surface area (Å²) in [7, 11) is 0. The lowest BCUT2D eigenvalue weighted by atomic mass is 9.78. The van der Waals surface area contributed by atoms with Crippen LogP contribution in [0.1, 0.15) is 55.2 Å². The standard InChI is InChI=1S/C18H26N2/c1-2-6-18-15(4-1)5-3-9-20(18)13-14-7-8-16-11-19-12-17(16)10-14/h7-8,10,15,18-19H,1-6,9,11-13H2. The Labute approximate surface area is 122 Å². The zero-order valence-electron chi connectivity index (χ0n) is 12.4. The molecular weight excluding hydrogens is 244 g/mol. The lowest BCUT2D eigenvalue weighted by Crippen LogP contribution is -2.46. The average molecular weight is 270 g/mol. The van der Waals surface area contributed by atoms with Crippen LogP contribution < -0.4 is 5.32 Å². The van der Waals surface area contributed by atoms with Gasteiger partial charge >= 0.3 is 0 Å². The highest BCUT2D eigenvalue weighted by molar-refractivity contribution is 5.34. The molecule has 2 heterocycles. The molecule has 1 saturated heterocycles. The summed E-state index contributed by atoms with van der Waals surface area (Å²) in [6.45, 7) is 4.62. The van der Waals surface area contributed by atoms with Gasteiger partial charge in [-0.25, -0.2) is 0 Å². The minimum Gasteiger partial charge on any atom is -0.309 e. The largest absolute Gasteiger partial charge is 0.309 e. The quantitative estimate of drug-likeness (QED) is 0.885. The summed E-state index contributed by atoms with van der Waals surface area (Å²) in [5, 5.41) is 3.45. The Morgan fingerprint density at radius 3 is 2.85 bits per heavy atom. The Balaban J connectivity index is 1.50. The topological polar surface area (TPSA) is 15.3 Å². The molecule has 0 spiro atoms.